The molecule has 0 aliphatic heterocycles. The molecular weight excluding hydrogens is 484 g/mol. The second-order valence-corrected chi connectivity index (χ2v) is 11.0. The van der Waals surface area contributed by atoms with E-state index in [1.165, 1.54) is 87.1 Å². The number of fused-ring (bicyclic) bond motifs is 12. The van der Waals surface area contributed by atoms with Crippen molar-refractivity contribution in [1.29, 1.82) is 0 Å². The molecule has 10 rings (SSSR count). The Morgan fingerprint density at radius 1 is 0.350 bits per heavy atom. The zero-order valence-electron chi connectivity index (χ0n) is 21.6. The molecule has 0 saturated carbocycles. The Morgan fingerprint density at radius 2 is 1.02 bits per heavy atom. The Hall–Kier alpha value is -5.34. The molecule has 0 amide bonds. The van der Waals surface area contributed by atoms with E-state index in [0.29, 0.717) is 0 Å². The largest absolute Gasteiger partial charge is 0.309 e. The lowest BCUT2D eigenvalue weighted by molar-refractivity contribution is 1.20. The van der Waals surface area contributed by atoms with Crippen LogP contribution in [0.15, 0.2) is 133 Å². The molecule has 0 fully saturated rings. The molecule has 7 aromatic carbocycles. The number of rotatable bonds is 1. The van der Waals surface area contributed by atoms with Gasteiger partial charge in [-0.15, -0.1) is 0 Å². The number of hydrogen-bond acceptors (Lipinski definition) is 0. The predicted octanol–water partition coefficient (Wildman–Crippen LogP) is 10.2. The lowest BCUT2D eigenvalue weighted by Crippen LogP contribution is -1.95. The van der Waals surface area contributed by atoms with Gasteiger partial charge in [-0.05, 0) is 52.6 Å². The summed E-state index contributed by atoms with van der Waals surface area (Å²) in [6.07, 6.45) is 0. The van der Waals surface area contributed by atoms with Gasteiger partial charge in [0.1, 0.15) is 0 Å². The van der Waals surface area contributed by atoms with Crippen LogP contribution in [0, 0.1) is 0 Å². The van der Waals surface area contributed by atoms with E-state index in [0.717, 1.165) is 0 Å². The number of benzene rings is 7. The predicted molar refractivity (Wildman–Crippen MR) is 170 cm³/mol. The fourth-order valence-electron chi connectivity index (χ4n) is 7.38. The van der Waals surface area contributed by atoms with E-state index < -0.39 is 0 Å². The summed E-state index contributed by atoms with van der Waals surface area (Å²) in [5, 5.41) is 13.0. The number of aromatic nitrogens is 2. The van der Waals surface area contributed by atoms with Gasteiger partial charge in [0.15, 0.2) is 0 Å². The molecular formula is C38H22N2. The molecule has 2 heteroatoms. The second-order valence-electron chi connectivity index (χ2n) is 11.0. The summed E-state index contributed by atoms with van der Waals surface area (Å²) in [7, 11) is 0. The van der Waals surface area contributed by atoms with Gasteiger partial charge in [-0.25, -0.2) is 0 Å². The van der Waals surface area contributed by atoms with E-state index in [1.807, 2.05) is 0 Å². The van der Waals surface area contributed by atoms with Crippen molar-refractivity contribution in [3.63, 3.8) is 0 Å². The first-order valence-corrected chi connectivity index (χ1v) is 13.9. The third kappa shape index (κ3) is 2.41. The summed E-state index contributed by atoms with van der Waals surface area (Å²) in [5.41, 5.74) is 7.57. The van der Waals surface area contributed by atoms with Crippen LogP contribution in [0.5, 0.6) is 0 Å². The molecule has 0 N–H and O–H groups in total. The fraction of sp³-hybridized carbons (Fsp3) is 0. The van der Waals surface area contributed by atoms with Gasteiger partial charge in [0.25, 0.3) is 0 Å². The van der Waals surface area contributed by atoms with Gasteiger partial charge in [-0.2, -0.15) is 0 Å². The molecule has 2 nitrogen and oxygen atoms in total. The summed E-state index contributed by atoms with van der Waals surface area (Å²) < 4.78 is 4.93. The van der Waals surface area contributed by atoms with Crippen molar-refractivity contribution in [3.8, 4) is 5.69 Å². The SMILES string of the molecule is c1ccc2c(-n3c4ccccc4c4c5cc6c7cccc8c9ccccc9n(c6cc5ccc43)c87)cccc2c1. The van der Waals surface area contributed by atoms with Crippen molar-refractivity contribution >= 4 is 81.4 Å². The van der Waals surface area contributed by atoms with Gasteiger partial charge in [0, 0.05) is 37.7 Å². The topological polar surface area (TPSA) is 9.34 Å². The highest BCUT2D eigenvalue weighted by atomic mass is 15.0. The molecule has 0 aliphatic carbocycles. The van der Waals surface area contributed by atoms with Crippen LogP contribution >= 0.6 is 0 Å². The third-order valence-electron chi connectivity index (χ3n) is 9.00. The van der Waals surface area contributed by atoms with Gasteiger partial charge in [-0.1, -0.05) is 97.1 Å². The van der Waals surface area contributed by atoms with Crippen molar-refractivity contribution in [2.24, 2.45) is 0 Å². The minimum Gasteiger partial charge on any atom is -0.309 e. The van der Waals surface area contributed by atoms with Gasteiger partial charge in [0.2, 0.25) is 0 Å². The highest BCUT2D eigenvalue weighted by molar-refractivity contribution is 6.28. The van der Waals surface area contributed by atoms with Crippen LogP contribution in [-0.2, 0) is 0 Å². The summed E-state index contributed by atoms with van der Waals surface area (Å²) in [6.45, 7) is 0. The quantitative estimate of drug-likeness (QED) is 0.209. The van der Waals surface area contributed by atoms with Crippen LogP contribution in [0.25, 0.3) is 87.1 Å². The van der Waals surface area contributed by atoms with Crippen LogP contribution in [0.2, 0.25) is 0 Å². The van der Waals surface area contributed by atoms with Gasteiger partial charge < -0.3 is 8.97 Å². The van der Waals surface area contributed by atoms with E-state index in [9.17, 15) is 0 Å². The Morgan fingerprint density at radius 3 is 1.93 bits per heavy atom. The Kier molecular flexibility index (Phi) is 3.70. The first-order chi connectivity index (χ1) is 19.9. The summed E-state index contributed by atoms with van der Waals surface area (Å²) in [5.74, 6) is 0. The molecule has 0 unspecified atom stereocenters. The Labute approximate surface area is 229 Å². The smallest absolute Gasteiger partial charge is 0.0620 e. The summed E-state index contributed by atoms with van der Waals surface area (Å²) in [6, 6.07) is 49.2. The van der Waals surface area contributed by atoms with Crippen molar-refractivity contribution in [3.05, 3.63) is 133 Å². The van der Waals surface area contributed by atoms with Crippen LogP contribution in [-0.4, -0.2) is 8.97 Å². The van der Waals surface area contributed by atoms with Crippen molar-refractivity contribution in [1.82, 2.24) is 8.97 Å². The highest BCUT2D eigenvalue weighted by Crippen LogP contribution is 2.43. The fourth-order valence-corrected chi connectivity index (χ4v) is 7.38. The minimum atomic E-state index is 1.22. The number of hydrogen-bond donors (Lipinski definition) is 0. The molecule has 184 valence electrons. The zero-order chi connectivity index (χ0) is 25.9. The van der Waals surface area contributed by atoms with Crippen molar-refractivity contribution in [2.45, 2.75) is 0 Å². The maximum atomic E-state index is 2.47. The first-order valence-electron chi connectivity index (χ1n) is 13.9. The molecule has 0 aliphatic rings. The van der Waals surface area contributed by atoms with Gasteiger partial charge >= 0.3 is 0 Å². The molecule has 0 saturated heterocycles. The normalized spacial score (nSPS) is 12.5. The summed E-state index contributed by atoms with van der Waals surface area (Å²) in [4.78, 5) is 0. The molecule has 3 heterocycles. The minimum absolute atomic E-state index is 1.22. The van der Waals surface area contributed by atoms with Crippen LogP contribution in [0.1, 0.15) is 0 Å². The van der Waals surface area contributed by atoms with E-state index in [1.54, 1.807) is 0 Å². The lowest BCUT2D eigenvalue weighted by Gasteiger charge is -2.12. The maximum absolute atomic E-state index is 2.47. The van der Waals surface area contributed by atoms with Crippen LogP contribution in [0.3, 0.4) is 0 Å². The van der Waals surface area contributed by atoms with Crippen LogP contribution < -0.4 is 0 Å². The van der Waals surface area contributed by atoms with E-state index in [-0.39, 0.29) is 0 Å². The molecule has 40 heavy (non-hydrogen) atoms. The standard InChI is InChI=1S/C38H22N2/c1-2-11-25-23(9-1)10-7-18-32(25)39-34-17-6-4-13-29(34)37-30-22-31-28-15-8-14-27-26-12-3-5-16-33(26)40(38(27)28)36(31)21-24(30)19-20-35(37)39/h1-22H. The molecule has 0 atom stereocenters. The zero-order valence-corrected chi connectivity index (χ0v) is 21.6. The second kappa shape index (κ2) is 7.19. The molecule has 0 spiro atoms. The molecule has 3 aromatic heterocycles. The Bertz CT molecular complexity index is 2640. The molecule has 0 radical (unpaired) electrons. The highest BCUT2D eigenvalue weighted by Gasteiger charge is 2.20. The van der Waals surface area contributed by atoms with Crippen molar-refractivity contribution in [2.75, 3.05) is 0 Å². The van der Waals surface area contributed by atoms with E-state index >= 15 is 0 Å². The number of nitrogens with zero attached hydrogens (tertiary/aromatic N) is 2. The van der Waals surface area contributed by atoms with Crippen molar-refractivity contribution < 1.29 is 0 Å². The van der Waals surface area contributed by atoms with E-state index in [2.05, 4.69) is 142 Å². The van der Waals surface area contributed by atoms with Gasteiger partial charge in [-0.3, -0.25) is 0 Å². The Balaban J connectivity index is 1.41. The molecule has 0 bridgehead atoms. The van der Waals surface area contributed by atoms with E-state index in [4.69, 9.17) is 0 Å². The molecule has 10 aromatic rings. The van der Waals surface area contributed by atoms with Gasteiger partial charge in [0.05, 0.1) is 33.3 Å². The maximum Gasteiger partial charge on any atom is 0.0620 e. The summed E-state index contributed by atoms with van der Waals surface area (Å²) >= 11 is 0. The monoisotopic (exact) mass is 506 g/mol. The first kappa shape index (κ1) is 20.6. The average Bonchev–Trinajstić information content (AvgIpc) is 3.65. The lowest BCUT2D eigenvalue weighted by atomic mass is 10.0. The average molecular weight is 507 g/mol. The third-order valence-corrected chi connectivity index (χ3v) is 9.00. The number of para-hydroxylation sites is 3. The van der Waals surface area contributed by atoms with Crippen LogP contribution in [0.4, 0.5) is 0 Å².